The Balaban J connectivity index is 3.17. The van der Waals surface area contributed by atoms with E-state index in [0.29, 0.717) is 5.82 Å². The third kappa shape index (κ3) is 3.62. The Morgan fingerprint density at radius 1 is 1.50 bits per heavy atom. The molecule has 0 aromatic heterocycles. The molecule has 0 N–H and O–H groups in total. The monoisotopic (exact) mass is 152 g/mol. The molecule has 0 aromatic rings. The molecule has 0 aliphatic rings. The van der Waals surface area contributed by atoms with Crippen LogP contribution in [0, 0.1) is 0 Å². The molecule has 48 valence electrons. The van der Waals surface area contributed by atoms with Gasteiger partial charge in [-0.2, -0.15) is 22.9 Å². The minimum atomic E-state index is -0.185. The summed E-state index contributed by atoms with van der Waals surface area (Å²) in [5, 5.41) is 0. The van der Waals surface area contributed by atoms with Crippen LogP contribution in [0.15, 0.2) is 0 Å². The van der Waals surface area contributed by atoms with Crippen LogP contribution in [-0.2, 0) is 0 Å². The van der Waals surface area contributed by atoms with Crippen molar-refractivity contribution in [2.75, 3.05) is 0 Å². The Morgan fingerprint density at radius 3 is 2.12 bits per heavy atom. The summed E-state index contributed by atoms with van der Waals surface area (Å²) in [4.78, 5) is 0. The van der Waals surface area contributed by atoms with Crippen LogP contribution in [0.4, 0.5) is 0 Å². The van der Waals surface area contributed by atoms with E-state index in [1.807, 2.05) is 0 Å². The van der Waals surface area contributed by atoms with Gasteiger partial charge in [0.05, 0.1) is 0 Å². The number of hydrogen-bond acceptors (Lipinski definition) is 0. The normalized spacial score (nSPS) is 13.5. The fraction of sp³-hybridized carbons (Fsp3) is 1.00. The SMILES string of the molecule is CCCC(C)B(Cl)Cl. The van der Waals surface area contributed by atoms with Crippen molar-refractivity contribution in [2.45, 2.75) is 32.5 Å². The molecule has 0 nitrogen and oxygen atoms in total. The molecule has 0 heterocycles. The molecule has 8 heavy (non-hydrogen) atoms. The van der Waals surface area contributed by atoms with Crippen molar-refractivity contribution >= 4 is 28.5 Å². The first-order chi connectivity index (χ1) is 3.68. The molecule has 0 aromatic carbocycles. The average Bonchev–Trinajstić information content (AvgIpc) is 1.67. The molecule has 1 atom stereocenters. The zero-order valence-electron chi connectivity index (χ0n) is 5.32. The van der Waals surface area contributed by atoms with E-state index in [4.69, 9.17) is 22.9 Å². The van der Waals surface area contributed by atoms with Gasteiger partial charge in [0.2, 0.25) is 0 Å². The Hall–Kier alpha value is 0.645. The largest absolute Gasteiger partial charge is 0.354 e. The lowest BCUT2D eigenvalue weighted by Gasteiger charge is -2.05. The molecule has 3 heteroatoms. The lowest BCUT2D eigenvalue weighted by atomic mass is 9.83. The summed E-state index contributed by atoms with van der Waals surface area (Å²) in [5.41, 5.74) is -0.185. The van der Waals surface area contributed by atoms with Crippen molar-refractivity contribution in [1.82, 2.24) is 0 Å². The number of halogens is 2. The predicted octanol–water partition coefficient (Wildman–Crippen LogP) is 3.14. The van der Waals surface area contributed by atoms with Crippen LogP contribution in [0.1, 0.15) is 26.7 Å². The minimum absolute atomic E-state index is 0.185. The lowest BCUT2D eigenvalue weighted by Crippen LogP contribution is -2.01. The van der Waals surface area contributed by atoms with E-state index in [1.165, 1.54) is 0 Å². The Labute approximate surface area is 61.5 Å². The van der Waals surface area contributed by atoms with Crippen LogP contribution >= 0.6 is 22.9 Å². The van der Waals surface area contributed by atoms with Crippen LogP contribution in [0.2, 0.25) is 5.82 Å². The van der Waals surface area contributed by atoms with Gasteiger partial charge in [0, 0.05) is 0 Å². The molecule has 0 bridgehead atoms. The first kappa shape index (κ1) is 8.64. The second-order valence-corrected chi connectivity index (χ2v) is 3.26. The molecule has 0 rings (SSSR count). The summed E-state index contributed by atoms with van der Waals surface area (Å²) in [5.74, 6) is 0.448. The second kappa shape index (κ2) is 4.52. The number of hydrogen-bond donors (Lipinski definition) is 0. The van der Waals surface area contributed by atoms with Crippen molar-refractivity contribution < 1.29 is 0 Å². The van der Waals surface area contributed by atoms with Gasteiger partial charge in [-0.1, -0.05) is 26.7 Å². The van der Waals surface area contributed by atoms with Crippen molar-refractivity contribution in [3.8, 4) is 0 Å². The van der Waals surface area contributed by atoms with Crippen molar-refractivity contribution in [3.05, 3.63) is 0 Å². The molecule has 0 aliphatic heterocycles. The van der Waals surface area contributed by atoms with E-state index in [9.17, 15) is 0 Å². The minimum Gasteiger partial charge on any atom is -0.171 e. The highest BCUT2D eigenvalue weighted by Crippen LogP contribution is 2.20. The molecule has 0 aliphatic carbocycles. The maximum Gasteiger partial charge on any atom is 0.354 e. The predicted molar refractivity (Wildman–Crippen MR) is 41.8 cm³/mol. The van der Waals surface area contributed by atoms with Crippen molar-refractivity contribution in [3.63, 3.8) is 0 Å². The van der Waals surface area contributed by atoms with Crippen LogP contribution in [-0.4, -0.2) is 5.54 Å². The smallest absolute Gasteiger partial charge is 0.171 e. The van der Waals surface area contributed by atoms with Crippen LogP contribution < -0.4 is 0 Å². The molecular formula is C5H11BCl2. The average molecular weight is 153 g/mol. The van der Waals surface area contributed by atoms with Gasteiger partial charge in [-0.05, 0) is 5.82 Å². The molecule has 0 fully saturated rings. The molecule has 1 unspecified atom stereocenters. The van der Waals surface area contributed by atoms with Gasteiger partial charge in [0.15, 0.2) is 0 Å². The van der Waals surface area contributed by atoms with E-state index in [-0.39, 0.29) is 5.54 Å². The number of rotatable bonds is 3. The highest BCUT2D eigenvalue weighted by molar-refractivity contribution is 7.34. The van der Waals surface area contributed by atoms with Gasteiger partial charge in [0.1, 0.15) is 0 Å². The third-order valence-electron chi connectivity index (χ3n) is 1.17. The lowest BCUT2D eigenvalue weighted by molar-refractivity contribution is 0.765. The Kier molecular flexibility index (Phi) is 4.88. The fourth-order valence-electron chi connectivity index (χ4n) is 0.581. The van der Waals surface area contributed by atoms with Crippen LogP contribution in [0.25, 0.3) is 0 Å². The van der Waals surface area contributed by atoms with Gasteiger partial charge in [-0.25, -0.2) is 0 Å². The summed E-state index contributed by atoms with van der Waals surface area (Å²) in [7, 11) is 0. The highest BCUT2D eigenvalue weighted by Gasteiger charge is 2.14. The first-order valence-electron chi connectivity index (χ1n) is 2.96. The Morgan fingerprint density at radius 2 is 2.00 bits per heavy atom. The van der Waals surface area contributed by atoms with Gasteiger partial charge in [0.25, 0.3) is 0 Å². The van der Waals surface area contributed by atoms with Gasteiger partial charge in [-0.15, -0.1) is 0 Å². The summed E-state index contributed by atoms with van der Waals surface area (Å²) >= 11 is 11.1. The second-order valence-electron chi connectivity index (χ2n) is 2.10. The molecule has 0 saturated carbocycles. The first-order valence-corrected chi connectivity index (χ1v) is 3.84. The fourth-order valence-corrected chi connectivity index (χ4v) is 0.833. The van der Waals surface area contributed by atoms with E-state index in [1.54, 1.807) is 0 Å². The molecule has 0 saturated heterocycles. The summed E-state index contributed by atoms with van der Waals surface area (Å²) < 4.78 is 0. The molecule has 0 spiro atoms. The molecule has 0 amide bonds. The quantitative estimate of drug-likeness (QED) is 0.546. The van der Waals surface area contributed by atoms with E-state index >= 15 is 0 Å². The van der Waals surface area contributed by atoms with Crippen LogP contribution in [0.5, 0.6) is 0 Å². The standard InChI is InChI=1S/C5H11BCl2/c1-3-4-5(2)6(7)8/h5H,3-4H2,1-2H3. The van der Waals surface area contributed by atoms with Gasteiger partial charge >= 0.3 is 5.54 Å². The zero-order chi connectivity index (χ0) is 6.57. The Bertz CT molecular complexity index is 56.4. The van der Waals surface area contributed by atoms with Gasteiger partial charge < -0.3 is 0 Å². The third-order valence-corrected chi connectivity index (χ3v) is 2.03. The maximum atomic E-state index is 5.57. The maximum absolute atomic E-state index is 5.57. The van der Waals surface area contributed by atoms with Gasteiger partial charge in [-0.3, -0.25) is 0 Å². The van der Waals surface area contributed by atoms with Crippen LogP contribution in [0.3, 0.4) is 0 Å². The summed E-state index contributed by atoms with van der Waals surface area (Å²) in [6, 6.07) is 0. The molecular weight excluding hydrogens is 142 g/mol. The van der Waals surface area contributed by atoms with Crippen molar-refractivity contribution in [1.29, 1.82) is 0 Å². The van der Waals surface area contributed by atoms with Crippen molar-refractivity contribution in [2.24, 2.45) is 0 Å². The van der Waals surface area contributed by atoms with E-state index in [0.717, 1.165) is 12.8 Å². The topological polar surface area (TPSA) is 0 Å². The molecule has 0 radical (unpaired) electrons. The zero-order valence-corrected chi connectivity index (χ0v) is 6.84. The van der Waals surface area contributed by atoms with E-state index < -0.39 is 0 Å². The summed E-state index contributed by atoms with van der Waals surface area (Å²) in [6.45, 7) is 4.20. The van der Waals surface area contributed by atoms with E-state index in [2.05, 4.69) is 13.8 Å². The highest BCUT2D eigenvalue weighted by atomic mass is 35.5. The summed E-state index contributed by atoms with van der Waals surface area (Å²) in [6.07, 6.45) is 2.29.